The lowest BCUT2D eigenvalue weighted by molar-refractivity contribution is -0.131. The molecule has 3 amide bonds. The van der Waals surface area contributed by atoms with Gasteiger partial charge in [-0.25, -0.2) is 4.98 Å². The third kappa shape index (κ3) is 18.6. The second-order valence-corrected chi connectivity index (χ2v) is 11.6. The van der Waals surface area contributed by atoms with Crippen LogP contribution in [0, 0.1) is 6.92 Å². The fourth-order valence-electron chi connectivity index (χ4n) is 3.81. The van der Waals surface area contributed by atoms with Gasteiger partial charge in [0.1, 0.15) is 16.5 Å². The van der Waals surface area contributed by atoms with Crippen molar-refractivity contribution >= 4 is 35.3 Å². The second kappa shape index (κ2) is 23.3. The van der Waals surface area contributed by atoms with Crippen LogP contribution in [0.1, 0.15) is 68.2 Å². The number of amides is 3. The smallest absolute Gasteiger partial charge is 0.342 e. The predicted molar refractivity (Wildman–Crippen MR) is 181 cm³/mol. The molecule has 260 valence electrons. The van der Waals surface area contributed by atoms with Gasteiger partial charge in [0.2, 0.25) is 12.3 Å². The number of carbonyl (C=O) groups excluding carboxylic acids is 4. The van der Waals surface area contributed by atoms with Gasteiger partial charge in [-0.3, -0.25) is 19.2 Å². The standard InChI is InChI=1S/C16H20N2O4.C15H20N2OS.C2H6.CH2F2O/c1-11(17-10-19)15(21)18-13(14(20)16(2)9-22-16)8-12-6-4-3-5-7-12;1-5-6-7-8-11(2)9-12(3)17-15(18)14-10-16-13(4)19-14;1-2;2-1(3)4/h3-7,10-11,13H,8-9H2,1-2H3,(H,17,19)(H,18,21);5-8,10,12H,1,9H2,2-4H3,(H,17,18);1-2H3;1,4H/b;7-6-,11-8+;;/t11-,13?,16?;;;/m0.../s1. The Balaban J connectivity index is 0.000000778. The van der Waals surface area contributed by atoms with Crippen LogP contribution in [-0.4, -0.2) is 71.0 Å². The highest BCUT2D eigenvalue weighted by Crippen LogP contribution is 2.29. The number of nitrogens with zero attached hydrogens (tertiary/aromatic N) is 1. The summed E-state index contributed by atoms with van der Waals surface area (Å²) in [5.74, 6) is -0.596. The van der Waals surface area contributed by atoms with Crippen LogP contribution in [0.15, 0.2) is 73.0 Å². The van der Waals surface area contributed by atoms with Gasteiger partial charge < -0.3 is 25.8 Å². The summed E-state index contributed by atoms with van der Waals surface area (Å²) in [5, 5.41) is 15.7. The Morgan fingerprint density at radius 2 is 1.74 bits per heavy atom. The van der Waals surface area contributed by atoms with E-state index in [1.54, 1.807) is 26.1 Å². The molecule has 3 unspecified atom stereocenters. The molecule has 1 aromatic carbocycles. The van der Waals surface area contributed by atoms with Crippen molar-refractivity contribution in [3.8, 4) is 0 Å². The lowest BCUT2D eigenvalue weighted by atomic mass is 9.94. The first-order valence-electron chi connectivity index (χ1n) is 15.1. The molecule has 1 aliphatic rings. The predicted octanol–water partition coefficient (Wildman–Crippen LogP) is 5.08. The molecule has 1 saturated heterocycles. The quantitative estimate of drug-likeness (QED) is 0.124. The van der Waals surface area contributed by atoms with Crippen LogP contribution in [-0.2, 0) is 25.5 Å². The van der Waals surface area contributed by atoms with Crippen molar-refractivity contribution < 1.29 is 37.8 Å². The summed E-state index contributed by atoms with van der Waals surface area (Å²) in [6.07, 6.45) is 10.9. The average Bonchev–Trinajstić information content (AvgIpc) is 3.62. The third-order valence-corrected chi connectivity index (χ3v) is 7.12. The van der Waals surface area contributed by atoms with Crippen LogP contribution >= 0.6 is 11.3 Å². The number of benzene rings is 1. The Morgan fingerprint density at radius 1 is 1.15 bits per heavy atom. The van der Waals surface area contributed by atoms with Gasteiger partial charge in [0, 0.05) is 6.04 Å². The number of nitrogens with one attached hydrogen (secondary N) is 3. The number of aryl methyl sites for hydroxylation is 1. The molecule has 3 rings (SSSR count). The van der Waals surface area contributed by atoms with E-state index < -0.39 is 30.2 Å². The van der Waals surface area contributed by atoms with Gasteiger partial charge >= 0.3 is 6.61 Å². The highest BCUT2D eigenvalue weighted by atomic mass is 32.1. The molecule has 2 aromatic rings. The maximum Gasteiger partial charge on any atom is 0.342 e. The molecule has 0 aliphatic carbocycles. The second-order valence-electron chi connectivity index (χ2n) is 10.4. The number of hydrogen-bond acceptors (Lipinski definition) is 8. The zero-order valence-corrected chi connectivity index (χ0v) is 28.9. The number of hydrogen-bond donors (Lipinski definition) is 4. The van der Waals surface area contributed by atoms with Gasteiger partial charge in [-0.15, -0.1) is 11.3 Å². The Hall–Kier alpha value is -4.07. The van der Waals surface area contributed by atoms with Gasteiger partial charge in [0.15, 0.2) is 5.78 Å². The maximum atomic E-state index is 12.5. The van der Waals surface area contributed by atoms with E-state index in [-0.39, 0.29) is 17.7 Å². The number of ether oxygens (including phenoxy) is 1. The van der Waals surface area contributed by atoms with Crippen molar-refractivity contribution in [3.63, 3.8) is 0 Å². The first kappa shape index (κ1) is 42.9. The minimum atomic E-state index is -3.17. The Bertz CT molecular complexity index is 1310. The molecule has 2 heterocycles. The molecule has 13 heteroatoms. The van der Waals surface area contributed by atoms with E-state index in [1.165, 1.54) is 16.9 Å². The number of rotatable bonds is 14. The van der Waals surface area contributed by atoms with Crippen LogP contribution in [0.4, 0.5) is 8.78 Å². The minimum Gasteiger partial charge on any atom is -0.361 e. The first-order chi connectivity index (χ1) is 22.2. The molecule has 0 spiro atoms. The molecule has 10 nitrogen and oxygen atoms in total. The van der Waals surface area contributed by atoms with Crippen LogP contribution in [0.5, 0.6) is 0 Å². The molecular weight excluding hydrogens is 630 g/mol. The summed E-state index contributed by atoms with van der Waals surface area (Å²) >= 11 is 1.41. The molecule has 0 radical (unpaired) electrons. The number of aliphatic hydroxyl groups is 1. The Kier molecular flexibility index (Phi) is 21.3. The summed E-state index contributed by atoms with van der Waals surface area (Å²) in [7, 11) is 0. The number of halogens is 2. The summed E-state index contributed by atoms with van der Waals surface area (Å²) in [5.41, 5.74) is 1.35. The summed E-state index contributed by atoms with van der Waals surface area (Å²) in [6.45, 7) is 14.0. The third-order valence-electron chi connectivity index (χ3n) is 6.20. The minimum absolute atomic E-state index is 0.0486. The zero-order chi connectivity index (χ0) is 36.0. The number of Topliss-reactive ketones (excluding diaryl/α,β-unsaturated/α-hetero) is 1. The fraction of sp³-hybridized carbons (Fsp3) is 0.441. The summed E-state index contributed by atoms with van der Waals surface area (Å²) < 4.78 is 25.0. The number of epoxide rings is 1. The molecule has 47 heavy (non-hydrogen) atoms. The number of aliphatic hydroxyl groups excluding tert-OH is 1. The topological polar surface area (TPSA) is 150 Å². The average molecular weight is 679 g/mol. The monoisotopic (exact) mass is 678 g/mol. The van der Waals surface area contributed by atoms with Gasteiger partial charge in [-0.2, -0.15) is 8.78 Å². The van der Waals surface area contributed by atoms with E-state index in [0.29, 0.717) is 24.3 Å². The van der Waals surface area contributed by atoms with E-state index in [2.05, 4.69) is 27.5 Å². The number of aromatic nitrogens is 1. The van der Waals surface area contributed by atoms with Gasteiger partial charge in [0.25, 0.3) is 5.91 Å². The lowest BCUT2D eigenvalue weighted by Crippen LogP contribution is -2.52. The SMILES string of the molecule is C=C/C=C\C=C(/C)CC(C)NC(=O)c1cnc(C)s1.CC.C[C@H](NC=O)C(=O)NC(Cc1ccccc1)C(=O)C1(C)CO1.OC(F)F. The highest BCUT2D eigenvalue weighted by Gasteiger charge is 2.50. The summed E-state index contributed by atoms with van der Waals surface area (Å²) in [4.78, 5) is 51.7. The van der Waals surface area contributed by atoms with E-state index >= 15 is 0 Å². The molecule has 0 saturated carbocycles. The van der Waals surface area contributed by atoms with Gasteiger partial charge in [0.05, 0.1) is 23.9 Å². The summed E-state index contributed by atoms with van der Waals surface area (Å²) in [6, 6.07) is 8.17. The van der Waals surface area contributed by atoms with Crippen molar-refractivity contribution in [1.82, 2.24) is 20.9 Å². The molecule has 4 atom stereocenters. The fourth-order valence-corrected chi connectivity index (χ4v) is 4.50. The van der Waals surface area contributed by atoms with Gasteiger partial charge in [-0.05, 0) is 53.0 Å². The lowest BCUT2D eigenvalue weighted by Gasteiger charge is -2.21. The van der Waals surface area contributed by atoms with Crippen molar-refractivity contribution in [2.45, 2.75) is 91.6 Å². The van der Waals surface area contributed by atoms with Gasteiger partial charge in [-0.1, -0.05) is 80.6 Å². The van der Waals surface area contributed by atoms with Crippen LogP contribution in [0.25, 0.3) is 0 Å². The van der Waals surface area contributed by atoms with Crippen molar-refractivity contribution in [3.05, 3.63) is 88.4 Å². The molecule has 1 aliphatic heterocycles. The largest absolute Gasteiger partial charge is 0.361 e. The van der Waals surface area contributed by atoms with Crippen molar-refractivity contribution in [2.75, 3.05) is 6.61 Å². The first-order valence-corrected chi connectivity index (χ1v) is 15.9. The van der Waals surface area contributed by atoms with E-state index in [1.807, 2.05) is 83.2 Å². The highest BCUT2D eigenvalue weighted by molar-refractivity contribution is 7.13. The molecule has 1 aromatic heterocycles. The molecule has 4 N–H and O–H groups in total. The zero-order valence-electron chi connectivity index (χ0n) is 28.1. The number of ketones is 1. The number of allylic oxidation sites excluding steroid dienone is 4. The van der Waals surface area contributed by atoms with Crippen LogP contribution in [0.2, 0.25) is 0 Å². The maximum absolute atomic E-state index is 12.5. The van der Waals surface area contributed by atoms with E-state index in [4.69, 9.17) is 9.84 Å². The number of alkyl halides is 2. The van der Waals surface area contributed by atoms with Crippen LogP contribution < -0.4 is 16.0 Å². The normalized spacial score (nSPS) is 16.8. The molecular formula is C34H48F2N4O6S. The Morgan fingerprint density at radius 3 is 2.23 bits per heavy atom. The van der Waals surface area contributed by atoms with Crippen LogP contribution in [0.3, 0.4) is 0 Å². The molecule has 0 bridgehead atoms. The number of carbonyl (C=O) groups is 4. The van der Waals surface area contributed by atoms with E-state index in [9.17, 15) is 28.0 Å². The Labute approximate surface area is 280 Å². The van der Waals surface area contributed by atoms with Crippen molar-refractivity contribution in [2.24, 2.45) is 0 Å². The van der Waals surface area contributed by atoms with Crippen molar-refractivity contribution in [1.29, 1.82) is 0 Å². The molecule has 1 fully saturated rings. The number of thiazole rings is 1. The van der Waals surface area contributed by atoms with E-state index in [0.717, 1.165) is 17.0 Å².